The van der Waals surface area contributed by atoms with Crippen molar-refractivity contribution in [3.8, 4) is 0 Å². The van der Waals surface area contributed by atoms with Crippen LogP contribution in [-0.4, -0.2) is 29.2 Å². The van der Waals surface area contributed by atoms with Gasteiger partial charge in [0.05, 0.1) is 0 Å². The van der Waals surface area contributed by atoms with Gasteiger partial charge in [-0.25, -0.2) is 19.6 Å². The first-order valence-corrected chi connectivity index (χ1v) is 9.26. The number of urea groups is 1. The molecule has 2 heterocycles. The molecule has 2 aromatic rings. The van der Waals surface area contributed by atoms with Crippen LogP contribution in [0.15, 0.2) is 54.6 Å². The molecule has 3 unspecified atom stereocenters. The zero-order valence-corrected chi connectivity index (χ0v) is 14.3. The minimum atomic E-state index is -0.264. The number of hydrogen-bond acceptors (Lipinski definition) is 4. The first kappa shape index (κ1) is 16.4. The van der Waals surface area contributed by atoms with Crippen molar-refractivity contribution in [1.29, 1.82) is 0 Å². The van der Waals surface area contributed by atoms with Gasteiger partial charge in [-0.3, -0.25) is 5.32 Å². The molecular formula is C18H19FN4OS. The second-order valence-corrected chi connectivity index (χ2v) is 7.19. The Morgan fingerprint density at radius 3 is 2.68 bits per heavy atom. The van der Waals surface area contributed by atoms with Crippen LogP contribution in [0.3, 0.4) is 0 Å². The number of benzene rings is 2. The van der Waals surface area contributed by atoms with E-state index >= 15 is 0 Å². The number of halogens is 1. The van der Waals surface area contributed by atoms with Gasteiger partial charge in [-0.15, -0.1) is 11.8 Å². The molecule has 0 bridgehead atoms. The van der Waals surface area contributed by atoms with Crippen LogP contribution >= 0.6 is 11.8 Å². The third-order valence-electron chi connectivity index (χ3n) is 4.53. The summed E-state index contributed by atoms with van der Waals surface area (Å²) in [5.74, 6) is 0.438. The van der Waals surface area contributed by atoms with Crippen LogP contribution in [0.2, 0.25) is 0 Å². The van der Waals surface area contributed by atoms with Gasteiger partial charge in [-0.05, 0) is 17.2 Å². The minimum Gasteiger partial charge on any atom is -0.312 e. The van der Waals surface area contributed by atoms with E-state index in [-0.39, 0.29) is 29.4 Å². The Morgan fingerprint density at radius 1 is 1.12 bits per heavy atom. The van der Waals surface area contributed by atoms with E-state index in [1.807, 2.05) is 24.3 Å². The van der Waals surface area contributed by atoms with Crippen molar-refractivity contribution in [2.24, 2.45) is 0 Å². The van der Waals surface area contributed by atoms with E-state index in [1.165, 1.54) is 23.4 Å². The lowest BCUT2D eigenvalue weighted by molar-refractivity contribution is 0.128. The highest BCUT2D eigenvalue weighted by Gasteiger charge is 2.43. The third kappa shape index (κ3) is 3.35. The monoisotopic (exact) mass is 358 g/mol. The fourth-order valence-electron chi connectivity index (χ4n) is 3.23. The van der Waals surface area contributed by atoms with Gasteiger partial charge >= 0.3 is 6.03 Å². The third-order valence-corrected chi connectivity index (χ3v) is 5.59. The van der Waals surface area contributed by atoms with Crippen molar-refractivity contribution in [1.82, 2.24) is 21.1 Å². The van der Waals surface area contributed by atoms with Crippen molar-refractivity contribution < 1.29 is 9.18 Å². The van der Waals surface area contributed by atoms with E-state index in [0.717, 1.165) is 0 Å². The van der Waals surface area contributed by atoms with Gasteiger partial charge in [-0.2, -0.15) is 0 Å². The van der Waals surface area contributed by atoms with Crippen molar-refractivity contribution >= 4 is 17.8 Å². The standard InChI is InChI=1S/C18H19FN4OS/c19-15-9-5-4-8-13(15)11-25-17-21-16-14(12-6-2-1-3-7-12)10-20-23(16)18(24)22-17/h1-9,14,16-17,20-21H,10-11H2,(H,22,24). The second-order valence-electron chi connectivity index (χ2n) is 6.09. The molecule has 25 heavy (non-hydrogen) atoms. The predicted octanol–water partition coefficient (Wildman–Crippen LogP) is 2.59. The number of nitrogens with zero attached hydrogens (tertiary/aromatic N) is 1. The molecule has 2 aliphatic rings. The lowest BCUT2D eigenvalue weighted by atomic mass is 9.97. The second kappa shape index (κ2) is 7.03. The van der Waals surface area contributed by atoms with Crippen LogP contribution < -0.4 is 16.1 Å². The number of fused-ring (bicyclic) bond motifs is 1. The molecule has 3 N–H and O–H groups in total. The summed E-state index contributed by atoms with van der Waals surface area (Å²) in [5.41, 5.74) is 4.70. The van der Waals surface area contributed by atoms with Crippen LogP contribution in [0, 0.1) is 5.82 Å². The molecule has 5 nitrogen and oxygen atoms in total. The number of nitrogens with one attached hydrogen (secondary N) is 3. The molecule has 0 radical (unpaired) electrons. The van der Waals surface area contributed by atoms with Crippen LogP contribution in [0.25, 0.3) is 0 Å². The Morgan fingerprint density at radius 2 is 1.88 bits per heavy atom. The molecule has 2 aromatic carbocycles. The first-order valence-electron chi connectivity index (χ1n) is 8.21. The molecule has 130 valence electrons. The fourth-order valence-corrected chi connectivity index (χ4v) is 4.23. The van der Waals surface area contributed by atoms with Crippen molar-refractivity contribution in [3.05, 3.63) is 71.5 Å². The molecule has 0 saturated carbocycles. The Labute approximate surface area is 149 Å². The van der Waals surface area contributed by atoms with Gasteiger partial charge in [0.15, 0.2) is 0 Å². The summed E-state index contributed by atoms with van der Waals surface area (Å²) in [4.78, 5) is 12.4. The van der Waals surface area contributed by atoms with Crippen LogP contribution in [0.5, 0.6) is 0 Å². The predicted molar refractivity (Wildman–Crippen MR) is 96.0 cm³/mol. The minimum absolute atomic E-state index is 0.130. The summed E-state index contributed by atoms with van der Waals surface area (Å²) >= 11 is 1.48. The topological polar surface area (TPSA) is 56.4 Å². The van der Waals surface area contributed by atoms with Gasteiger partial charge < -0.3 is 5.32 Å². The molecule has 0 aliphatic carbocycles. The average Bonchev–Trinajstić information content (AvgIpc) is 3.06. The maximum absolute atomic E-state index is 13.8. The van der Waals surface area contributed by atoms with Crippen LogP contribution in [0.4, 0.5) is 9.18 Å². The number of carbonyl (C=O) groups excluding carboxylic acids is 1. The molecule has 2 aliphatic heterocycles. The van der Waals surface area contributed by atoms with Crippen LogP contribution in [-0.2, 0) is 5.75 Å². The SMILES string of the molecule is O=C1NC(SCc2ccccc2F)NC2C(c3ccccc3)CNN12. The highest BCUT2D eigenvalue weighted by Crippen LogP contribution is 2.29. The van der Waals surface area contributed by atoms with E-state index in [1.54, 1.807) is 17.1 Å². The van der Waals surface area contributed by atoms with Crippen molar-refractivity contribution in [2.75, 3.05) is 6.54 Å². The van der Waals surface area contributed by atoms with Crippen molar-refractivity contribution in [3.63, 3.8) is 0 Å². The smallest absolute Gasteiger partial charge is 0.312 e. The highest BCUT2D eigenvalue weighted by molar-refractivity contribution is 7.99. The number of amides is 2. The van der Waals surface area contributed by atoms with E-state index in [4.69, 9.17) is 0 Å². The Hall–Kier alpha value is -2.09. The Balaban J connectivity index is 1.46. The highest BCUT2D eigenvalue weighted by atomic mass is 32.2. The van der Waals surface area contributed by atoms with Gasteiger partial charge in [0.25, 0.3) is 0 Å². The summed E-state index contributed by atoms with van der Waals surface area (Å²) < 4.78 is 13.8. The van der Waals surface area contributed by atoms with E-state index in [0.29, 0.717) is 17.9 Å². The summed E-state index contributed by atoms with van der Waals surface area (Å²) in [7, 11) is 0. The molecule has 0 aromatic heterocycles. The molecule has 3 atom stereocenters. The summed E-state index contributed by atoms with van der Waals surface area (Å²) in [6, 6.07) is 16.7. The average molecular weight is 358 g/mol. The molecule has 7 heteroatoms. The molecule has 2 saturated heterocycles. The normalized spacial score (nSPS) is 25.6. The zero-order valence-electron chi connectivity index (χ0n) is 13.5. The number of hydrazine groups is 1. The van der Waals surface area contributed by atoms with Gasteiger partial charge in [0, 0.05) is 18.2 Å². The quantitative estimate of drug-likeness (QED) is 0.786. The Kier molecular flexibility index (Phi) is 4.61. The number of thioether (sulfide) groups is 1. The number of hydrogen-bond donors (Lipinski definition) is 3. The zero-order chi connectivity index (χ0) is 17.2. The molecule has 2 amide bonds. The number of carbonyl (C=O) groups is 1. The molecule has 4 rings (SSSR count). The maximum Gasteiger partial charge on any atom is 0.335 e. The number of rotatable bonds is 4. The van der Waals surface area contributed by atoms with E-state index in [2.05, 4.69) is 28.2 Å². The Bertz CT molecular complexity index is 760. The van der Waals surface area contributed by atoms with Gasteiger partial charge in [-0.1, -0.05) is 48.5 Å². The maximum atomic E-state index is 13.8. The summed E-state index contributed by atoms with van der Waals surface area (Å²) in [5, 5.41) is 7.97. The largest absolute Gasteiger partial charge is 0.335 e. The van der Waals surface area contributed by atoms with E-state index < -0.39 is 0 Å². The van der Waals surface area contributed by atoms with Crippen molar-refractivity contribution in [2.45, 2.75) is 23.3 Å². The van der Waals surface area contributed by atoms with Gasteiger partial charge in [0.2, 0.25) is 0 Å². The van der Waals surface area contributed by atoms with Crippen LogP contribution in [0.1, 0.15) is 17.0 Å². The molecular weight excluding hydrogens is 339 g/mol. The van der Waals surface area contributed by atoms with E-state index in [9.17, 15) is 9.18 Å². The summed E-state index contributed by atoms with van der Waals surface area (Å²) in [6.07, 6.45) is -0.130. The summed E-state index contributed by atoms with van der Waals surface area (Å²) in [6.45, 7) is 0.694. The fraction of sp³-hybridized carbons (Fsp3) is 0.278. The molecule has 0 spiro atoms. The lowest BCUT2D eigenvalue weighted by Crippen LogP contribution is -2.65. The van der Waals surface area contributed by atoms with Gasteiger partial charge in [0.1, 0.15) is 17.5 Å². The lowest BCUT2D eigenvalue weighted by Gasteiger charge is -2.37. The first-order chi connectivity index (χ1) is 12.2. The molecule has 2 fully saturated rings.